The summed E-state index contributed by atoms with van der Waals surface area (Å²) in [7, 11) is 0. The molecule has 1 aliphatic carbocycles. The molecule has 0 aromatic carbocycles. The van der Waals surface area contributed by atoms with Crippen molar-refractivity contribution in [2.24, 2.45) is 0 Å². The molecule has 1 atom stereocenters. The molecule has 2 heterocycles. The summed E-state index contributed by atoms with van der Waals surface area (Å²) in [5.41, 5.74) is 1.03. The Balaban J connectivity index is 2.24. The number of carboxylic acids is 1. The molecule has 8 heteroatoms. The minimum absolute atomic E-state index is 0.201. The van der Waals surface area contributed by atoms with Gasteiger partial charge in [-0.2, -0.15) is 0 Å². The van der Waals surface area contributed by atoms with E-state index in [4.69, 9.17) is 9.63 Å². The summed E-state index contributed by atoms with van der Waals surface area (Å²) in [6, 6.07) is 0. The normalized spacial score (nSPS) is 17.6. The number of aliphatic hydroxyl groups excluding tert-OH is 1. The van der Waals surface area contributed by atoms with Crippen LogP contribution in [0.2, 0.25) is 0 Å². The number of carboxylic acid groups (broad SMARTS) is 1. The second-order valence-electron chi connectivity index (χ2n) is 3.72. The summed E-state index contributed by atoms with van der Waals surface area (Å²) in [4.78, 5) is 11.0. The van der Waals surface area contributed by atoms with E-state index < -0.39 is 11.9 Å². The first-order valence-corrected chi connectivity index (χ1v) is 4.88. The maximum absolute atomic E-state index is 11.0. The molecule has 88 valence electrons. The van der Waals surface area contributed by atoms with Crippen molar-refractivity contribution in [2.45, 2.75) is 12.3 Å². The average Bonchev–Trinajstić information content (AvgIpc) is 2.93. The number of aliphatic hydroxyl groups is 1. The number of rotatable bonds is 2. The smallest absolute Gasteiger partial charge is 0.358 e. The third-order valence-corrected chi connectivity index (χ3v) is 2.77. The van der Waals surface area contributed by atoms with Crippen LogP contribution in [0.25, 0.3) is 11.5 Å². The molecular weight excluding hydrogens is 230 g/mol. The van der Waals surface area contributed by atoms with Gasteiger partial charge in [-0.05, 0) is 5.16 Å². The van der Waals surface area contributed by atoms with E-state index in [-0.39, 0.29) is 18.1 Å². The van der Waals surface area contributed by atoms with Crippen LogP contribution in [0.1, 0.15) is 27.7 Å². The van der Waals surface area contributed by atoms with Crippen LogP contribution in [0.4, 0.5) is 0 Å². The van der Waals surface area contributed by atoms with Crippen molar-refractivity contribution in [1.29, 1.82) is 0 Å². The SMILES string of the molecule is O=C(O)c1noc2c1C(CO)Cc1nonc1-2. The zero-order valence-electron chi connectivity index (χ0n) is 8.45. The number of aromatic nitrogens is 3. The number of aromatic carboxylic acids is 1. The Morgan fingerprint density at radius 3 is 2.94 bits per heavy atom. The van der Waals surface area contributed by atoms with Gasteiger partial charge in [-0.25, -0.2) is 9.42 Å². The quantitative estimate of drug-likeness (QED) is 0.751. The summed E-state index contributed by atoms with van der Waals surface area (Å²) in [5.74, 6) is -1.40. The third kappa shape index (κ3) is 1.27. The number of hydrogen-bond acceptors (Lipinski definition) is 7. The van der Waals surface area contributed by atoms with Gasteiger partial charge in [0.05, 0.1) is 6.61 Å². The van der Waals surface area contributed by atoms with Crippen molar-refractivity contribution in [2.75, 3.05) is 6.61 Å². The van der Waals surface area contributed by atoms with E-state index in [0.717, 1.165) is 0 Å². The Morgan fingerprint density at radius 2 is 2.24 bits per heavy atom. The predicted molar refractivity (Wildman–Crippen MR) is 50.3 cm³/mol. The molecule has 1 unspecified atom stereocenters. The molecule has 0 saturated carbocycles. The van der Waals surface area contributed by atoms with Crippen molar-refractivity contribution < 1.29 is 24.2 Å². The Morgan fingerprint density at radius 1 is 1.41 bits per heavy atom. The zero-order chi connectivity index (χ0) is 12.0. The molecule has 0 radical (unpaired) electrons. The van der Waals surface area contributed by atoms with Crippen LogP contribution in [0, 0.1) is 0 Å². The zero-order valence-corrected chi connectivity index (χ0v) is 8.45. The lowest BCUT2D eigenvalue weighted by molar-refractivity contribution is 0.0684. The van der Waals surface area contributed by atoms with E-state index in [1.807, 2.05) is 0 Å². The lowest BCUT2D eigenvalue weighted by atomic mass is 9.86. The molecule has 1 aliphatic rings. The van der Waals surface area contributed by atoms with Crippen molar-refractivity contribution in [3.8, 4) is 11.5 Å². The summed E-state index contributed by atoms with van der Waals surface area (Å²) >= 11 is 0. The summed E-state index contributed by atoms with van der Waals surface area (Å²) in [6.45, 7) is -0.221. The van der Waals surface area contributed by atoms with Crippen LogP contribution in [-0.2, 0) is 6.42 Å². The molecule has 17 heavy (non-hydrogen) atoms. The maximum Gasteiger partial charge on any atom is 0.358 e. The van der Waals surface area contributed by atoms with E-state index in [2.05, 4.69) is 20.1 Å². The molecule has 0 amide bonds. The topological polar surface area (TPSA) is 122 Å². The highest BCUT2D eigenvalue weighted by Gasteiger charge is 2.37. The van der Waals surface area contributed by atoms with Gasteiger partial charge in [0.25, 0.3) is 0 Å². The fourth-order valence-electron chi connectivity index (χ4n) is 2.01. The molecule has 2 aromatic rings. The highest BCUT2D eigenvalue weighted by atomic mass is 16.6. The molecule has 0 spiro atoms. The summed E-state index contributed by atoms with van der Waals surface area (Å²) in [5, 5.41) is 29.1. The summed E-state index contributed by atoms with van der Waals surface area (Å²) < 4.78 is 9.53. The molecule has 2 N–H and O–H groups in total. The van der Waals surface area contributed by atoms with Crippen LogP contribution in [0.5, 0.6) is 0 Å². The number of hydrogen-bond donors (Lipinski definition) is 2. The van der Waals surface area contributed by atoms with E-state index in [0.29, 0.717) is 23.4 Å². The van der Waals surface area contributed by atoms with Gasteiger partial charge in [0, 0.05) is 17.9 Å². The maximum atomic E-state index is 11.0. The molecule has 2 aromatic heterocycles. The largest absolute Gasteiger partial charge is 0.476 e. The highest BCUT2D eigenvalue weighted by Crippen LogP contribution is 2.39. The fourth-order valence-corrected chi connectivity index (χ4v) is 2.01. The molecule has 0 saturated heterocycles. The molecule has 0 aliphatic heterocycles. The van der Waals surface area contributed by atoms with E-state index in [9.17, 15) is 9.90 Å². The average molecular weight is 237 g/mol. The second kappa shape index (κ2) is 3.39. The highest BCUT2D eigenvalue weighted by molar-refractivity contribution is 5.89. The first-order valence-electron chi connectivity index (χ1n) is 4.88. The van der Waals surface area contributed by atoms with E-state index in [1.54, 1.807) is 0 Å². The second-order valence-corrected chi connectivity index (χ2v) is 3.72. The fraction of sp³-hybridized carbons (Fsp3) is 0.333. The van der Waals surface area contributed by atoms with Crippen molar-refractivity contribution in [3.63, 3.8) is 0 Å². The van der Waals surface area contributed by atoms with Gasteiger partial charge in [0.2, 0.25) is 0 Å². The molecule has 8 nitrogen and oxygen atoms in total. The summed E-state index contributed by atoms with van der Waals surface area (Å²) in [6.07, 6.45) is 0.351. The monoisotopic (exact) mass is 237 g/mol. The van der Waals surface area contributed by atoms with Gasteiger partial charge in [0.1, 0.15) is 5.69 Å². The van der Waals surface area contributed by atoms with Crippen LogP contribution >= 0.6 is 0 Å². The Bertz CT molecular complexity index is 587. The van der Waals surface area contributed by atoms with Crippen LogP contribution < -0.4 is 0 Å². The van der Waals surface area contributed by atoms with E-state index in [1.165, 1.54) is 0 Å². The predicted octanol–water partition coefficient (Wildman–Crippen LogP) is 0.0548. The Labute approximate surface area is 93.8 Å². The lowest BCUT2D eigenvalue weighted by Gasteiger charge is -2.16. The molecule has 3 rings (SSSR count). The van der Waals surface area contributed by atoms with E-state index >= 15 is 0 Å². The van der Waals surface area contributed by atoms with Crippen molar-refractivity contribution >= 4 is 5.97 Å². The molecule has 0 fully saturated rings. The minimum Gasteiger partial charge on any atom is -0.476 e. The Kier molecular flexibility index (Phi) is 1.99. The van der Waals surface area contributed by atoms with Gasteiger partial charge in [0.15, 0.2) is 17.1 Å². The number of nitrogens with zero attached hydrogens (tertiary/aromatic N) is 3. The van der Waals surface area contributed by atoms with Crippen LogP contribution in [0.15, 0.2) is 9.15 Å². The van der Waals surface area contributed by atoms with Crippen LogP contribution in [0.3, 0.4) is 0 Å². The number of fused-ring (bicyclic) bond motifs is 3. The standard InChI is InChI=1S/C9H7N3O5/c13-2-3-1-4-6(12-17-10-4)8-5(3)7(9(14)15)11-16-8/h3,13H,1-2H2,(H,14,15). The van der Waals surface area contributed by atoms with Gasteiger partial charge in [-0.3, -0.25) is 0 Å². The number of carbonyl (C=O) groups is 1. The van der Waals surface area contributed by atoms with Crippen LogP contribution in [-0.4, -0.2) is 38.3 Å². The van der Waals surface area contributed by atoms with Gasteiger partial charge >= 0.3 is 5.97 Å². The Hall–Kier alpha value is -2.22. The lowest BCUT2D eigenvalue weighted by Crippen LogP contribution is -2.16. The minimum atomic E-state index is -1.20. The van der Waals surface area contributed by atoms with Gasteiger partial charge in [-0.15, -0.1) is 0 Å². The van der Waals surface area contributed by atoms with Gasteiger partial charge < -0.3 is 14.7 Å². The first-order chi connectivity index (χ1) is 8.22. The molecule has 0 bridgehead atoms. The molecular formula is C9H7N3O5. The van der Waals surface area contributed by atoms with Gasteiger partial charge in [-0.1, -0.05) is 10.3 Å². The van der Waals surface area contributed by atoms with Crippen molar-refractivity contribution in [1.82, 2.24) is 15.5 Å². The van der Waals surface area contributed by atoms with Crippen molar-refractivity contribution in [3.05, 3.63) is 17.0 Å². The third-order valence-electron chi connectivity index (χ3n) is 2.77. The first kappa shape index (κ1) is 9.97.